The van der Waals surface area contributed by atoms with Crippen molar-refractivity contribution in [2.75, 3.05) is 13.7 Å². The number of rotatable bonds is 11. The molecule has 3 aromatic carbocycles. The summed E-state index contributed by atoms with van der Waals surface area (Å²) in [5.74, 6) is -2.31. The van der Waals surface area contributed by atoms with E-state index < -0.39 is 35.4 Å². The van der Waals surface area contributed by atoms with Crippen LogP contribution in [0.1, 0.15) is 40.0 Å². The Hall–Kier alpha value is -1.80. The predicted molar refractivity (Wildman–Crippen MR) is 180 cm³/mol. The third kappa shape index (κ3) is 5.96. The maximum Gasteiger partial charge on any atom is 0.311 e. The molecule has 1 aliphatic rings. The minimum absolute atomic E-state index is 0.0741. The summed E-state index contributed by atoms with van der Waals surface area (Å²) in [4.78, 5) is 29.8. The van der Waals surface area contributed by atoms with Crippen LogP contribution < -0.4 is 0 Å². The van der Waals surface area contributed by atoms with Gasteiger partial charge in [-0.05, 0) is 53.2 Å². The third-order valence-corrected chi connectivity index (χ3v) is 23.9. The van der Waals surface area contributed by atoms with Crippen LogP contribution in [-0.2, 0) is 20.0 Å². The average molecular weight is 728 g/mol. The van der Waals surface area contributed by atoms with Crippen LogP contribution in [0.3, 0.4) is 0 Å². The molecular formula is C30H35BrCl2FNO4Si3. The van der Waals surface area contributed by atoms with Crippen molar-refractivity contribution in [2.45, 2.75) is 42.6 Å². The lowest BCUT2D eigenvalue weighted by molar-refractivity contribution is -0.155. The van der Waals surface area contributed by atoms with E-state index in [-0.39, 0.29) is 44.0 Å². The van der Waals surface area contributed by atoms with Crippen LogP contribution in [0.15, 0.2) is 65.1 Å². The maximum absolute atomic E-state index is 16.0. The van der Waals surface area contributed by atoms with Crippen LogP contribution in [0.2, 0.25) is 34.0 Å². The van der Waals surface area contributed by atoms with Gasteiger partial charge in [0.25, 0.3) is 5.91 Å². The number of methoxy groups -OCH3 is 1. The van der Waals surface area contributed by atoms with E-state index in [1.807, 2.05) is 0 Å². The molecular weight excluding hydrogens is 692 g/mol. The molecule has 0 unspecified atom stereocenters. The van der Waals surface area contributed by atoms with Crippen molar-refractivity contribution in [1.82, 2.24) is 4.90 Å². The molecule has 1 heterocycles. The number of benzene rings is 3. The minimum Gasteiger partial charge on any atom is -0.466 e. The largest absolute Gasteiger partial charge is 0.466 e. The second-order valence-corrected chi connectivity index (χ2v) is 22.2. The number of nitrogens with zero attached hydrogens (tertiary/aromatic N) is 1. The van der Waals surface area contributed by atoms with Gasteiger partial charge in [-0.15, -0.1) is 0 Å². The standard InChI is InChI=1S/C30H35BrCl2FNO4Si3/c1-17(28(37)39-16-29(40-3,41-4)42-5)26(18-6-10-21(32)11-7-18)35-27(36)23-14-20(31)15-24(34)25(23)30(35,38-2)19-8-12-22(33)13-9-19/h6-15,17,26H,16,40-42H2,1-5H3/t17-,26-,30-/m0/s1. The van der Waals surface area contributed by atoms with Crippen molar-refractivity contribution in [3.63, 3.8) is 0 Å². The lowest BCUT2D eigenvalue weighted by atomic mass is 9.88. The van der Waals surface area contributed by atoms with Gasteiger partial charge in [0, 0.05) is 55.8 Å². The number of ether oxygens (including phenoxy) is 2. The molecule has 5 nitrogen and oxygen atoms in total. The van der Waals surface area contributed by atoms with E-state index in [0.717, 1.165) is 0 Å². The van der Waals surface area contributed by atoms with Crippen molar-refractivity contribution in [3.05, 3.63) is 103 Å². The molecule has 0 saturated carbocycles. The first-order valence-electron chi connectivity index (χ1n) is 14.0. The van der Waals surface area contributed by atoms with Gasteiger partial charge in [-0.3, -0.25) is 14.5 Å². The van der Waals surface area contributed by atoms with Crippen LogP contribution in [0.4, 0.5) is 4.39 Å². The first kappa shape index (κ1) is 33.1. The van der Waals surface area contributed by atoms with Gasteiger partial charge in [0.05, 0.1) is 29.7 Å². The highest BCUT2D eigenvalue weighted by Gasteiger charge is 2.58. The topological polar surface area (TPSA) is 55.8 Å². The zero-order valence-electron chi connectivity index (χ0n) is 24.3. The summed E-state index contributed by atoms with van der Waals surface area (Å²) < 4.78 is 29.0. The fourth-order valence-electron chi connectivity index (χ4n) is 5.94. The molecule has 42 heavy (non-hydrogen) atoms. The molecule has 0 N–H and O–H groups in total. The second kappa shape index (κ2) is 13.5. The predicted octanol–water partition coefficient (Wildman–Crippen LogP) is 5.84. The number of carbonyl (C=O) groups is 2. The molecule has 0 aromatic heterocycles. The molecule has 0 spiro atoms. The van der Waals surface area contributed by atoms with E-state index in [1.165, 1.54) is 18.1 Å². The van der Waals surface area contributed by atoms with E-state index in [9.17, 15) is 9.59 Å². The van der Waals surface area contributed by atoms with Crippen molar-refractivity contribution in [2.24, 2.45) is 5.92 Å². The van der Waals surface area contributed by atoms with E-state index in [4.69, 9.17) is 32.7 Å². The van der Waals surface area contributed by atoms with Crippen molar-refractivity contribution >= 4 is 79.6 Å². The lowest BCUT2D eigenvalue weighted by Gasteiger charge is -2.44. The normalized spacial score (nSPS) is 20.1. The molecule has 0 radical (unpaired) electrons. The first-order chi connectivity index (χ1) is 20.0. The summed E-state index contributed by atoms with van der Waals surface area (Å²) in [5, 5.41) is 0.985. The van der Waals surface area contributed by atoms with Gasteiger partial charge in [0.2, 0.25) is 0 Å². The first-order valence-corrected chi connectivity index (χ1v) is 22.0. The van der Waals surface area contributed by atoms with Crippen molar-refractivity contribution in [1.29, 1.82) is 0 Å². The summed E-state index contributed by atoms with van der Waals surface area (Å²) in [6.45, 7) is 9.09. The molecule has 1 aliphatic heterocycles. The minimum atomic E-state index is -1.70. The number of hydrogen-bond acceptors (Lipinski definition) is 4. The average Bonchev–Trinajstić information content (AvgIpc) is 3.23. The van der Waals surface area contributed by atoms with Crippen LogP contribution in [-0.4, -0.2) is 59.1 Å². The van der Waals surface area contributed by atoms with E-state index in [1.54, 1.807) is 61.5 Å². The fourth-order valence-corrected chi connectivity index (χ4v) is 13.5. The van der Waals surface area contributed by atoms with Crippen LogP contribution in [0.5, 0.6) is 0 Å². The number of amides is 1. The molecule has 3 atom stereocenters. The number of carbonyl (C=O) groups excluding carboxylic acids is 2. The summed E-state index contributed by atoms with van der Waals surface area (Å²) >= 11 is 15.8. The Morgan fingerprint density at radius 3 is 2.10 bits per heavy atom. The highest BCUT2D eigenvalue weighted by atomic mass is 79.9. The van der Waals surface area contributed by atoms with Crippen LogP contribution in [0.25, 0.3) is 0 Å². The summed E-state index contributed by atoms with van der Waals surface area (Å²) in [6, 6.07) is 15.8. The number of fused-ring (bicyclic) bond motifs is 1. The highest BCUT2D eigenvalue weighted by Crippen LogP contribution is 2.52. The number of esters is 1. The van der Waals surface area contributed by atoms with E-state index in [0.29, 0.717) is 32.3 Å². The molecule has 0 saturated heterocycles. The summed E-state index contributed by atoms with van der Waals surface area (Å²) in [5.41, 5.74) is -0.348. The molecule has 1 amide bonds. The molecule has 224 valence electrons. The smallest absolute Gasteiger partial charge is 0.311 e. The van der Waals surface area contributed by atoms with Gasteiger partial charge in [0.1, 0.15) is 5.82 Å². The Balaban J connectivity index is 1.93. The van der Waals surface area contributed by atoms with Gasteiger partial charge in [-0.1, -0.05) is 83.0 Å². The van der Waals surface area contributed by atoms with Gasteiger partial charge in [0.15, 0.2) is 5.72 Å². The van der Waals surface area contributed by atoms with Gasteiger partial charge >= 0.3 is 5.97 Å². The van der Waals surface area contributed by atoms with Crippen molar-refractivity contribution in [3.8, 4) is 0 Å². The van der Waals surface area contributed by atoms with Crippen LogP contribution in [0, 0.1) is 11.7 Å². The van der Waals surface area contributed by atoms with E-state index >= 15 is 4.39 Å². The van der Waals surface area contributed by atoms with E-state index in [2.05, 4.69) is 35.6 Å². The second-order valence-electron chi connectivity index (χ2n) is 10.8. The quantitative estimate of drug-likeness (QED) is 0.184. The molecule has 0 bridgehead atoms. The van der Waals surface area contributed by atoms with Gasteiger partial charge in [-0.25, -0.2) is 4.39 Å². The van der Waals surface area contributed by atoms with Crippen LogP contribution >= 0.6 is 39.1 Å². The summed E-state index contributed by atoms with van der Waals surface area (Å²) in [7, 11) is 0.362. The highest BCUT2D eigenvalue weighted by molar-refractivity contribution is 9.10. The zero-order chi connectivity index (χ0) is 30.8. The Labute approximate surface area is 272 Å². The molecule has 3 aromatic rings. The maximum atomic E-state index is 16.0. The molecule has 12 heteroatoms. The molecule has 0 aliphatic carbocycles. The lowest BCUT2D eigenvalue weighted by Crippen LogP contribution is -2.51. The van der Waals surface area contributed by atoms with Gasteiger partial charge in [-0.2, -0.15) is 0 Å². The third-order valence-electron chi connectivity index (χ3n) is 8.82. The number of halogens is 4. The fraction of sp³-hybridized carbons (Fsp3) is 0.333. The monoisotopic (exact) mass is 725 g/mol. The Kier molecular flexibility index (Phi) is 10.6. The Morgan fingerprint density at radius 1 is 1.02 bits per heavy atom. The zero-order valence-corrected chi connectivity index (χ0v) is 31.7. The van der Waals surface area contributed by atoms with Crippen molar-refractivity contribution < 1.29 is 23.5 Å². The SMILES string of the molecule is CO[C@@]1(c2ccc(Cl)cc2)c2c(F)cc(Br)cc2C(=O)N1[C@H](c1ccc(Cl)cc1)[C@H](C)C(=O)OCC([SiH2]C)([SiH2]C)[SiH2]C. The Morgan fingerprint density at radius 2 is 1.57 bits per heavy atom. The Bertz CT molecular complexity index is 1450. The number of hydrogen-bond donors (Lipinski definition) is 0. The van der Waals surface area contributed by atoms with Gasteiger partial charge < -0.3 is 9.47 Å². The summed E-state index contributed by atoms with van der Waals surface area (Å²) in [6.07, 6.45) is 0. The molecule has 4 rings (SSSR count). The molecule has 0 fully saturated rings.